The van der Waals surface area contributed by atoms with Crippen LogP contribution in [0.1, 0.15) is 32.9 Å². The third-order valence-electron chi connectivity index (χ3n) is 3.19. The fourth-order valence-corrected chi connectivity index (χ4v) is 3.49. The number of rotatable bonds is 7. The number of sulfonamides is 1. The summed E-state index contributed by atoms with van der Waals surface area (Å²) in [6, 6.07) is 1.68. The Morgan fingerprint density at radius 3 is 2.53 bits per heavy atom. The van der Waals surface area contributed by atoms with Gasteiger partial charge in [-0.3, -0.25) is 0 Å². The maximum Gasteiger partial charge on any atom is 0.244 e. The summed E-state index contributed by atoms with van der Waals surface area (Å²) in [5.74, 6) is 0.471. The third-order valence-corrected chi connectivity index (χ3v) is 5.14. The largest absolute Gasteiger partial charge is 0.363 e. The number of hydrogen-bond acceptors (Lipinski definition) is 3. The molecule has 110 valence electrons. The van der Waals surface area contributed by atoms with Gasteiger partial charge in [-0.25, -0.2) is 8.42 Å². The van der Waals surface area contributed by atoms with Gasteiger partial charge in [0.1, 0.15) is 0 Å². The molecular weight excluding hydrogens is 262 g/mol. The first-order chi connectivity index (χ1) is 8.78. The molecule has 2 N–H and O–H groups in total. The minimum atomic E-state index is -3.41. The summed E-state index contributed by atoms with van der Waals surface area (Å²) in [5.41, 5.74) is 0.867. The molecule has 0 aliphatic heterocycles. The molecule has 1 heterocycles. The van der Waals surface area contributed by atoms with Crippen molar-refractivity contribution in [3.8, 4) is 0 Å². The molecule has 0 aliphatic carbocycles. The molecule has 0 aliphatic rings. The number of hydrogen-bond donors (Lipinski definition) is 2. The van der Waals surface area contributed by atoms with E-state index in [1.165, 1.54) is 4.31 Å². The van der Waals surface area contributed by atoms with Crippen molar-refractivity contribution >= 4 is 10.0 Å². The van der Waals surface area contributed by atoms with E-state index in [1.54, 1.807) is 19.3 Å². The van der Waals surface area contributed by atoms with Crippen LogP contribution in [-0.2, 0) is 16.6 Å². The molecule has 19 heavy (non-hydrogen) atoms. The quantitative estimate of drug-likeness (QED) is 0.803. The van der Waals surface area contributed by atoms with E-state index in [2.05, 4.69) is 24.1 Å². The van der Waals surface area contributed by atoms with Crippen LogP contribution >= 0.6 is 0 Å². The predicted octanol–water partition coefficient (Wildman–Crippen LogP) is 1.79. The fraction of sp³-hybridized carbons (Fsp3) is 0.692. The van der Waals surface area contributed by atoms with E-state index < -0.39 is 10.0 Å². The molecule has 0 saturated carbocycles. The molecular formula is C13H25N3O2S. The highest BCUT2D eigenvalue weighted by Gasteiger charge is 2.26. The Morgan fingerprint density at radius 2 is 2.00 bits per heavy atom. The van der Waals surface area contributed by atoms with E-state index in [4.69, 9.17) is 0 Å². The molecule has 1 unspecified atom stereocenters. The molecule has 0 aromatic carbocycles. The SMILES string of the molecule is CNCc1cc(S(=O)(=O)N(C)C(C)CC(C)C)c[nH]1. The van der Waals surface area contributed by atoms with Gasteiger partial charge in [-0.05, 0) is 32.4 Å². The van der Waals surface area contributed by atoms with Crippen molar-refractivity contribution in [2.75, 3.05) is 14.1 Å². The summed E-state index contributed by atoms with van der Waals surface area (Å²) in [4.78, 5) is 3.31. The monoisotopic (exact) mass is 287 g/mol. The minimum Gasteiger partial charge on any atom is -0.363 e. The van der Waals surface area contributed by atoms with Gasteiger partial charge < -0.3 is 10.3 Å². The van der Waals surface area contributed by atoms with E-state index in [0.717, 1.165) is 12.1 Å². The maximum atomic E-state index is 12.5. The Hall–Kier alpha value is -0.850. The molecule has 0 amide bonds. The molecule has 0 spiro atoms. The smallest absolute Gasteiger partial charge is 0.244 e. The first-order valence-corrected chi connectivity index (χ1v) is 8.03. The molecule has 1 aromatic rings. The van der Waals surface area contributed by atoms with Gasteiger partial charge >= 0.3 is 0 Å². The second-order valence-electron chi connectivity index (χ2n) is 5.39. The Kier molecular flexibility index (Phi) is 5.58. The highest BCUT2D eigenvalue weighted by atomic mass is 32.2. The van der Waals surface area contributed by atoms with Gasteiger partial charge in [0.15, 0.2) is 0 Å². The first-order valence-electron chi connectivity index (χ1n) is 6.59. The predicted molar refractivity (Wildman–Crippen MR) is 77.4 cm³/mol. The summed E-state index contributed by atoms with van der Waals surface area (Å²) in [5, 5.41) is 2.99. The van der Waals surface area contributed by atoms with Crippen molar-refractivity contribution in [2.45, 2.75) is 44.7 Å². The van der Waals surface area contributed by atoms with E-state index in [0.29, 0.717) is 17.4 Å². The number of aromatic nitrogens is 1. The van der Waals surface area contributed by atoms with Gasteiger partial charge in [-0.2, -0.15) is 4.31 Å². The van der Waals surface area contributed by atoms with Crippen LogP contribution in [0.3, 0.4) is 0 Å². The summed E-state index contributed by atoms with van der Waals surface area (Å²) in [6.45, 7) is 6.76. The number of aromatic amines is 1. The molecule has 1 atom stereocenters. The van der Waals surface area contributed by atoms with Crippen molar-refractivity contribution in [1.82, 2.24) is 14.6 Å². The van der Waals surface area contributed by atoms with Crippen molar-refractivity contribution < 1.29 is 8.42 Å². The average Bonchev–Trinajstić information content (AvgIpc) is 2.76. The van der Waals surface area contributed by atoms with Crippen LogP contribution in [0.25, 0.3) is 0 Å². The minimum absolute atomic E-state index is 0.00681. The van der Waals surface area contributed by atoms with Crippen LogP contribution in [0.2, 0.25) is 0 Å². The molecule has 0 saturated heterocycles. The average molecular weight is 287 g/mol. The van der Waals surface area contributed by atoms with Crippen molar-refractivity contribution in [1.29, 1.82) is 0 Å². The zero-order valence-electron chi connectivity index (χ0n) is 12.4. The van der Waals surface area contributed by atoms with Crippen LogP contribution < -0.4 is 5.32 Å². The summed E-state index contributed by atoms with van der Waals surface area (Å²) in [6.07, 6.45) is 2.41. The van der Waals surface area contributed by atoms with Crippen LogP contribution in [0, 0.1) is 5.92 Å². The van der Waals surface area contributed by atoms with Crippen molar-refractivity contribution in [3.05, 3.63) is 18.0 Å². The van der Waals surface area contributed by atoms with Crippen LogP contribution in [0.4, 0.5) is 0 Å². The molecule has 1 rings (SSSR count). The summed E-state index contributed by atoms with van der Waals surface area (Å²) in [7, 11) is 0.0642. The standard InChI is InChI=1S/C13H25N3O2S/c1-10(2)6-11(3)16(5)19(17,18)13-7-12(8-14-4)15-9-13/h7,9-11,14-15H,6,8H2,1-5H3. The lowest BCUT2D eigenvalue weighted by Crippen LogP contribution is -2.35. The number of H-pyrrole nitrogens is 1. The van der Waals surface area contributed by atoms with E-state index in [-0.39, 0.29) is 6.04 Å². The lowest BCUT2D eigenvalue weighted by molar-refractivity contribution is 0.338. The Labute approximate surface area is 116 Å². The molecule has 0 radical (unpaired) electrons. The molecule has 0 fully saturated rings. The Balaban J connectivity index is 2.89. The number of nitrogens with zero attached hydrogens (tertiary/aromatic N) is 1. The van der Waals surface area contributed by atoms with E-state index in [1.807, 2.05) is 14.0 Å². The van der Waals surface area contributed by atoms with Gasteiger partial charge in [0.2, 0.25) is 10.0 Å². The molecule has 0 bridgehead atoms. The van der Waals surface area contributed by atoms with Gasteiger partial charge in [0.25, 0.3) is 0 Å². The van der Waals surface area contributed by atoms with Gasteiger partial charge in [-0.15, -0.1) is 0 Å². The second kappa shape index (κ2) is 6.54. The summed E-state index contributed by atoms with van der Waals surface area (Å²) < 4.78 is 26.4. The van der Waals surface area contributed by atoms with Gasteiger partial charge in [0, 0.05) is 31.5 Å². The topological polar surface area (TPSA) is 65.2 Å². The van der Waals surface area contributed by atoms with Gasteiger partial charge in [0.05, 0.1) is 4.90 Å². The van der Waals surface area contributed by atoms with Crippen LogP contribution in [-0.4, -0.2) is 37.8 Å². The first kappa shape index (κ1) is 16.2. The Bertz CT molecular complexity index is 494. The molecule has 1 aromatic heterocycles. The summed E-state index contributed by atoms with van der Waals surface area (Å²) >= 11 is 0. The second-order valence-corrected chi connectivity index (χ2v) is 7.39. The van der Waals surface area contributed by atoms with Crippen molar-refractivity contribution in [2.24, 2.45) is 5.92 Å². The zero-order chi connectivity index (χ0) is 14.6. The zero-order valence-corrected chi connectivity index (χ0v) is 13.2. The van der Waals surface area contributed by atoms with E-state index >= 15 is 0 Å². The van der Waals surface area contributed by atoms with E-state index in [9.17, 15) is 8.42 Å². The highest BCUT2D eigenvalue weighted by Crippen LogP contribution is 2.20. The normalized spacial score (nSPS) is 14.3. The lowest BCUT2D eigenvalue weighted by Gasteiger charge is -2.25. The van der Waals surface area contributed by atoms with Crippen LogP contribution in [0.15, 0.2) is 17.2 Å². The lowest BCUT2D eigenvalue weighted by atomic mass is 10.1. The van der Waals surface area contributed by atoms with Crippen LogP contribution in [0.5, 0.6) is 0 Å². The fourth-order valence-electron chi connectivity index (χ4n) is 2.09. The van der Waals surface area contributed by atoms with Gasteiger partial charge in [-0.1, -0.05) is 13.8 Å². The molecule has 6 heteroatoms. The maximum absolute atomic E-state index is 12.5. The Morgan fingerprint density at radius 1 is 1.37 bits per heavy atom. The highest BCUT2D eigenvalue weighted by molar-refractivity contribution is 7.89. The third kappa shape index (κ3) is 4.06. The van der Waals surface area contributed by atoms with Crippen molar-refractivity contribution in [3.63, 3.8) is 0 Å². The number of nitrogens with one attached hydrogen (secondary N) is 2. The molecule has 5 nitrogen and oxygen atoms in total.